The third-order valence-electron chi connectivity index (χ3n) is 4.63. The van der Waals surface area contributed by atoms with Gasteiger partial charge in [0.2, 0.25) is 0 Å². The van der Waals surface area contributed by atoms with Crippen molar-refractivity contribution in [3.05, 3.63) is 52.8 Å². The highest BCUT2D eigenvalue weighted by Crippen LogP contribution is 2.36. The topological polar surface area (TPSA) is 65.4 Å². The molecule has 0 aliphatic carbocycles. The molecule has 0 bridgehead atoms. The van der Waals surface area contributed by atoms with Gasteiger partial charge in [0.1, 0.15) is 5.82 Å². The van der Waals surface area contributed by atoms with Crippen LogP contribution in [0.3, 0.4) is 0 Å². The summed E-state index contributed by atoms with van der Waals surface area (Å²) >= 11 is 6.30. The smallest absolute Gasteiger partial charge is 0.251 e. The van der Waals surface area contributed by atoms with E-state index in [1.165, 1.54) is 7.11 Å². The molecule has 154 valence electrons. The van der Waals surface area contributed by atoms with Crippen LogP contribution in [0.4, 0.5) is 0 Å². The summed E-state index contributed by atoms with van der Waals surface area (Å²) in [4.78, 5) is 17.1. The van der Waals surface area contributed by atoms with Crippen molar-refractivity contribution in [2.24, 2.45) is 0 Å². The van der Waals surface area contributed by atoms with E-state index in [1.807, 2.05) is 32.0 Å². The number of carbonyl (C=O) groups is 1. The molecule has 1 heterocycles. The SMILES string of the molecule is CCCOc1c(Cl)cc(C(=O)NCCCn2c(C)nc3ccccc32)cc1OC. The molecule has 1 amide bonds. The van der Waals surface area contributed by atoms with Gasteiger partial charge in [-0.25, -0.2) is 4.98 Å². The van der Waals surface area contributed by atoms with E-state index in [9.17, 15) is 4.79 Å². The number of nitrogens with one attached hydrogen (secondary N) is 1. The maximum atomic E-state index is 12.5. The van der Waals surface area contributed by atoms with Crippen molar-refractivity contribution >= 4 is 28.5 Å². The molecule has 3 rings (SSSR count). The summed E-state index contributed by atoms with van der Waals surface area (Å²) in [7, 11) is 1.53. The van der Waals surface area contributed by atoms with Crippen molar-refractivity contribution in [1.82, 2.24) is 14.9 Å². The van der Waals surface area contributed by atoms with E-state index in [2.05, 4.69) is 20.9 Å². The molecule has 0 aliphatic rings. The number of benzene rings is 2. The molecule has 0 saturated carbocycles. The third kappa shape index (κ3) is 4.82. The number of carbonyl (C=O) groups excluding carboxylic acids is 1. The number of amides is 1. The second-order valence-corrected chi connectivity index (χ2v) is 7.15. The normalized spacial score (nSPS) is 10.9. The molecule has 3 aromatic rings. The quantitative estimate of drug-likeness (QED) is 0.518. The molecule has 2 aromatic carbocycles. The van der Waals surface area contributed by atoms with E-state index in [0.29, 0.717) is 35.2 Å². The van der Waals surface area contributed by atoms with Crippen molar-refractivity contribution in [2.75, 3.05) is 20.3 Å². The Hall–Kier alpha value is -2.73. The van der Waals surface area contributed by atoms with Gasteiger partial charge in [-0.1, -0.05) is 30.7 Å². The first-order valence-corrected chi connectivity index (χ1v) is 10.1. The number of nitrogens with zero attached hydrogens (tertiary/aromatic N) is 2. The van der Waals surface area contributed by atoms with Crippen molar-refractivity contribution < 1.29 is 14.3 Å². The monoisotopic (exact) mass is 415 g/mol. The zero-order valence-electron chi connectivity index (χ0n) is 17.0. The van der Waals surface area contributed by atoms with Gasteiger partial charge in [0.25, 0.3) is 5.91 Å². The third-order valence-corrected chi connectivity index (χ3v) is 4.91. The second-order valence-electron chi connectivity index (χ2n) is 6.75. The molecule has 6 nitrogen and oxygen atoms in total. The van der Waals surface area contributed by atoms with E-state index in [1.54, 1.807) is 12.1 Å². The maximum Gasteiger partial charge on any atom is 0.251 e. The Labute approximate surface area is 175 Å². The minimum absolute atomic E-state index is 0.195. The predicted molar refractivity (Wildman–Crippen MR) is 115 cm³/mol. The largest absolute Gasteiger partial charge is 0.493 e. The van der Waals surface area contributed by atoms with Crippen LogP contribution >= 0.6 is 11.6 Å². The Kier molecular flexibility index (Phi) is 6.99. The number of hydrogen-bond donors (Lipinski definition) is 1. The molecular weight excluding hydrogens is 390 g/mol. The first kappa shape index (κ1) is 21.0. The average Bonchev–Trinajstić information content (AvgIpc) is 3.04. The predicted octanol–water partition coefficient (Wildman–Crippen LogP) is 4.62. The number of para-hydroxylation sites is 2. The van der Waals surface area contributed by atoms with E-state index in [0.717, 1.165) is 36.2 Å². The van der Waals surface area contributed by atoms with Crippen molar-refractivity contribution in [1.29, 1.82) is 0 Å². The number of aromatic nitrogens is 2. The Morgan fingerprint density at radius 3 is 2.83 bits per heavy atom. The van der Waals surface area contributed by atoms with Gasteiger partial charge < -0.3 is 19.4 Å². The summed E-state index contributed by atoms with van der Waals surface area (Å²) < 4.78 is 13.1. The number of methoxy groups -OCH3 is 1. The van der Waals surface area contributed by atoms with E-state index in [4.69, 9.17) is 21.1 Å². The lowest BCUT2D eigenvalue weighted by atomic mass is 10.2. The molecule has 0 aliphatic heterocycles. The van der Waals surface area contributed by atoms with Crippen LogP contribution in [-0.2, 0) is 6.54 Å². The number of hydrogen-bond acceptors (Lipinski definition) is 4. The average molecular weight is 416 g/mol. The van der Waals surface area contributed by atoms with Crippen molar-refractivity contribution in [3.63, 3.8) is 0 Å². The summed E-state index contributed by atoms with van der Waals surface area (Å²) in [5, 5.41) is 3.31. The number of fused-ring (bicyclic) bond motifs is 1. The second kappa shape index (κ2) is 9.65. The molecular formula is C22H26ClN3O3. The first-order valence-electron chi connectivity index (χ1n) is 9.75. The van der Waals surface area contributed by atoms with Gasteiger partial charge in [0.15, 0.2) is 11.5 Å². The Morgan fingerprint density at radius 2 is 2.07 bits per heavy atom. The van der Waals surface area contributed by atoms with Crippen LogP contribution in [0.2, 0.25) is 5.02 Å². The van der Waals surface area contributed by atoms with Crippen molar-refractivity contribution in [2.45, 2.75) is 33.2 Å². The highest BCUT2D eigenvalue weighted by molar-refractivity contribution is 6.32. The lowest BCUT2D eigenvalue weighted by Crippen LogP contribution is -2.25. The van der Waals surface area contributed by atoms with Gasteiger partial charge in [-0.2, -0.15) is 0 Å². The summed E-state index contributed by atoms with van der Waals surface area (Å²) in [6.45, 7) is 5.86. The molecule has 0 radical (unpaired) electrons. The van der Waals surface area contributed by atoms with Crippen LogP contribution in [0.5, 0.6) is 11.5 Å². The van der Waals surface area contributed by atoms with Gasteiger partial charge in [-0.15, -0.1) is 0 Å². The number of aryl methyl sites for hydroxylation is 2. The van der Waals surface area contributed by atoms with Crippen molar-refractivity contribution in [3.8, 4) is 11.5 Å². The van der Waals surface area contributed by atoms with Gasteiger partial charge in [-0.3, -0.25) is 4.79 Å². The van der Waals surface area contributed by atoms with E-state index in [-0.39, 0.29) is 5.91 Å². The van der Waals surface area contributed by atoms with Crippen LogP contribution < -0.4 is 14.8 Å². The molecule has 0 atom stereocenters. The number of imidazole rings is 1. The van der Waals surface area contributed by atoms with Crippen LogP contribution in [-0.4, -0.2) is 35.7 Å². The number of ether oxygens (including phenoxy) is 2. The lowest BCUT2D eigenvalue weighted by molar-refractivity contribution is 0.0952. The molecule has 1 aromatic heterocycles. The molecule has 0 unspecified atom stereocenters. The fraction of sp³-hybridized carbons (Fsp3) is 0.364. The lowest BCUT2D eigenvalue weighted by Gasteiger charge is -2.14. The summed E-state index contributed by atoms with van der Waals surface area (Å²) in [6, 6.07) is 11.3. The zero-order chi connectivity index (χ0) is 20.8. The highest BCUT2D eigenvalue weighted by Gasteiger charge is 2.16. The highest BCUT2D eigenvalue weighted by atomic mass is 35.5. The fourth-order valence-electron chi connectivity index (χ4n) is 3.21. The van der Waals surface area contributed by atoms with Crippen LogP contribution in [0.1, 0.15) is 35.9 Å². The Morgan fingerprint density at radius 1 is 1.28 bits per heavy atom. The fourth-order valence-corrected chi connectivity index (χ4v) is 3.48. The van der Waals surface area contributed by atoms with Gasteiger partial charge in [-0.05, 0) is 44.0 Å². The van der Waals surface area contributed by atoms with E-state index >= 15 is 0 Å². The van der Waals surface area contributed by atoms with Gasteiger partial charge in [0, 0.05) is 18.7 Å². The molecule has 0 spiro atoms. The summed E-state index contributed by atoms with van der Waals surface area (Å²) in [6.07, 6.45) is 1.64. The standard InChI is InChI=1S/C22H26ClN3O3/c1-4-12-29-21-17(23)13-16(14-20(21)28-3)22(27)24-10-7-11-26-15(2)25-18-8-5-6-9-19(18)26/h5-6,8-9,13-14H,4,7,10-12H2,1-3H3,(H,24,27). The summed E-state index contributed by atoms with van der Waals surface area (Å²) in [5.74, 6) is 1.70. The van der Waals surface area contributed by atoms with Gasteiger partial charge in [0.05, 0.1) is 29.8 Å². The first-order chi connectivity index (χ1) is 14.0. The summed E-state index contributed by atoms with van der Waals surface area (Å²) in [5.41, 5.74) is 2.54. The molecule has 29 heavy (non-hydrogen) atoms. The van der Waals surface area contributed by atoms with Crippen LogP contribution in [0.15, 0.2) is 36.4 Å². The Balaban J connectivity index is 1.60. The number of halogens is 1. The maximum absolute atomic E-state index is 12.5. The molecule has 1 N–H and O–H groups in total. The van der Waals surface area contributed by atoms with Crippen LogP contribution in [0, 0.1) is 6.92 Å². The molecule has 7 heteroatoms. The Bertz CT molecular complexity index is 1000. The van der Waals surface area contributed by atoms with E-state index < -0.39 is 0 Å². The molecule has 0 saturated heterocycles. The van der Waals surface area contributed by atoms with Crippen LogP contribution in [0.25, 0.3) is 11.0 Å². The molecule has 0 fully saturated rings. The minimum atomic E-state index is -0.195. The van der Waals surface area contributed by atoms with Gasteiger partial charge >= 0.3 is 0 Å². The minimum Gasteiger partial charge on any atom is -0.493 e. The zero-order valence-corrected chi connectivity index (χ0v) is 17.8. The number of rotatable bonds is 9.